The highest BCUT2D eigenvalue weighted by molar-refractivity contribution is 6.31. The first-order chi connectivity index (χ1) is 19.7. The van der Waals surface area contributed by atoms with Crippen LogP contribution >= 0.6 is 0 Å². The number of carboxylic acid groups (broad SMARTS) is 1. The molecule has 0 radical (unpaired) electrons. The quantitative estimate of drug-likeness (QED) is 0.212. The van der Waals surface area contributed by atoms with E-state index in [0.29, 0.717) is 28.0 Å². The largest absolute Gasteiger partial charge is 0.478 e. The van der Waals surface area contributed by atoms with Gasteiger partial charge in [0, 0.05) is 29.1 Å². The van der Waals surface area contributed by atoms with Crippen LogP contribution in [0.5, 0.6) is 0 Å². The van der Waals surface area contributed by atoms with E-state index in [1.165, 1.54) is 6.07 Å². The fourth-order valence-electron chi connectivity index (χ4n) is 4.66. The lowest BCUT2D eigenvalue weighted by molar-refractivity contribution is -0.110. The number of nitrogens with one attached hydrogen (secondary N) is 1. The standard InChI is InChI=1S/C24H16FN3O.C10H12O2.CH4/c1-15-20-13-21(22(25)14-23(20)27-24(15)29)18-5-3-16(4-6-18)17-7-9-19(10-8-17)28-12-2-11-26-28;1-3-8-5-4-7(2)9(6-8)10(11)12;/h2-14H,1H2,(H,27,29);4-6H,3H2,1-2H3,(H,11,12);1H4. The number of carbonyl (C=O) groups excluding carboxylic acids is 1. The normalized spacial score (nSPS) is 11.6. The molecule has 0 aliphatic carbocycles. The first-order valence-electron chi connectivity index (χ1n) is 13.1. The summed E-state index contributed by atoms with van der Waals surface area (Å²) in [6.45, 7) is 7.60. The molecule has 2 N–H and O–H groups in total. The molecule has 6 nitrogen and oxygen atoms in total. The van der Waals surface area contributed by atoms with Crippen molar-refractivity contribution in [3.63, 3.8) is 0 Å². The van der Waals surface area contributed by atoms with Crippen molar-refractivity contribution in [2.24, 2.45) is 0 Å². The zero-order chi connectivity index (χ0) is 29.1. The Morgan fingerprint density at radius 1 is 0.952 bits per heavy atom. The smallest absolute Gasteiger partial charge is 0.335 e. The molecule has 0 fully saturated rings. The molecule has 4 aromatic carbocycles. The van der Waals surface area contributed by atoms with Gasteiger partial charge >= 0.3 is 5.97 Å². The number of anilines is 1. The van der Waals surface area contributed by atoms with Gasteiger partial charge in [0.15, 0.2) is 0 Å². The maximum Gasteiger partial charge on any atom is 0.335 e. The van der Waals surface area contributed by atoms with E-state index in [2.05, 4.69) is 17.0 Å². The minimum atomic E-state index is -0.845. The van der Waals surface area contributed by atoms with Crippen molar-refractivity contribution in [2.75, 3.05) is 5.32 Å². The Morgan fingerprint density at radius 2 is 1.60 bits per heavy atom. The lowest BCUT2D eigenvalue weighted by Gasteiger charge is -2.09. The number of aryl methyl sites for hydroxylation is 2. The summed E-state index contributed by atoms with van der Waals surface area (Å²) in [7, 11) is 0. The van der Waals surface area contributed by atoms with Crippen molar-refractivity contribution in [3.05, 3.63) is 132 Å². The van der Waals surface area contributed by atoms with Crippen LogP contribution in [-0.2, 0) is 11.2 Å². The second-order valence-corrected chi connectivity index (χ2v) is 9.69. The minimum absolute atomic E-state index is 0. The van der Waals surface area contributed by atoms with E-state index in [0.717, 1.165) is 39.9 Å². The molecule has 6 rings (SSSR count). The van der Waals surface area contributed by atoms with Crippen LogP contribution in [0.3, 0.4) is 0 Å². The van der Waals surface area contributed by atoms with Gasteiger partial charge < -0.3 is 10.4 Å². The first-order valence-corrected chi connectivity index (χ1v) is 13.1. The Kier molecular flexibility index (Phi) is 8.82. The van der Waals surface area contributed by atoms with E-state index in [-0.39, 0.29) is 19.2 Å². The Morgan fingerprint density at radius 3 is 2.19 bits per heavy atom. The highest BCUT2D eigenvalue weighted by Crippen LogP contribution is 2.36. The minimum Gasteiger partial charge on any atom is -0.478 e. The van der Waals surface area contributed by atoms with Crippen LogP contribution < -0.4 is 5.32 Å². The van der Waals surface area contributed by atoms with Gasteiger partial charge in [-0.3, -0.25) is 4.79 Å². The third-order valence-electron chi connectivity index (χ3n) is 7.06. The third-order valence-corrected chi connectivity index (χ3v) is 7.06. The van der Waals surface area contributed by atoms with Crippen molar-refractivity contribution in [2.45, 2.75) is 27.7 Å². The van der Waals surface area contributed by atoms with E-state index in [1.807, 2.05) is 86.8 Å². The summed E-state index contributed by atoms with van der Waals surface area (Å²) in [6, 6.07) is 26.2. The van der Waals surface area contributed by atoms with Crippen LogP contribution in [0.25, 0.3) is 33.5 Å². The highest BCUT2D eigenvalue weighted by atomic mass is 19.1. The van der Waals surface area contributed by atoms with Crippen molar-refractivity contribution < 1.29 is 19.1 Å². The maximum absolute atomic E-state index is 14.6. The van der Waals surface area contributed by atoms with E-state index in [4.69, 9.17) is 5.11 Å². The van der Waals surface area contributed by atoms with Crippen LogP contribution in [0.4, 0.5) is 10.1 Å². The third kappa shape index (κ3) is 6.05. The Hall–Kier alpha value is -5.30. The number of benzene rings is 4. The highest BCUT2D eigenvalue weighted by Gasteiger charge is 2.24. The maximum atomic E-state index is 14.6. The van der Waals surface area contributed by atoms with Gasteiger partial charge in [-0.05, 0) is 77.6 Å². The van der Waals surface area contributed by atoms with Crippen LogP contribution in [0.1, 0.15) is 41.4 Å². The van der Waals surface area contributed by atoms with Crippen LogP contribution in [-0.4, -0.2) is 26.8 Å². The molecule has 1 amide bonds. The predicted molar refractivity (Wildman–Crippen MR) is 166 cm³/mol. The Labute approximate surface area is 244 Å². The van der Waals surface area contributed by atoms with Crippen molar-refractivity contribution in [1.29, 1.82) is 0 Å². The van der Waals surface area contributed by atoms with Gasteiger partial charge in [-0.1, -0.05) is 69.5 Å². The summed E-state index contributed by atoms with van der Waals surface area (Å²) in [6.07, 6.45) is 4.51. The number of nitrogens with zero attached hydrogens (tertiary/aromatic N) is 2. The SMILES string of the molecule is C.C=C1C(=O)Nc2cc(F)c(-c3ccc(-c4ccc(-n5cccn5)cc4)cc3)cc21.CCc1ccc(C)c(C(=O)O)c1. The summed E-state index contributed by atoms with van der Waals surface area (Å²) in [5.74, 6) is -1.51. The second kappa shape index (κ2) is 12.5. The number of amides is 1. The number of carboxylic acids is 1. The fourth-order valence-corrected chi connectivity index (χ4v) is 4.66. The first kappa shape index (κ1) is 29.7. The van der Waals surface area contributed by atoms with Gasteiger partial charge in [0.2, 0.25) is 0 Å². The lowest BCUT2D eigenvalue weighted by Crippen LogP contribution is -2.02. The molecular weight excluding hydrogens is 529 g/mol. The average Bonchev–Trinajstić information content (AvgIpc) is 3.61. The van der Waals surface area contributed by atoms with Gasteiger partial charge in [-0.15, -0.1) is 0 Å². The van der Waals surface area contributed by atoms with Gasteiger partial charge in [-0.2, -0.15) is 5.10 Å². The zero-order valence-electron chi connectivity index (χ0n) is 22.7. The summed E-state index contributed by atoms with van der Waals surface area (Å²) in [4.78, 5) is 22.4. The number of aromatic nitrogens is 2. The molecule has 0 spiro atoms. The molecule has 0 saturated heterocycles. The molecular formula is C35H32FN3O3. The molecule has 1 aliphatic rings. The van der Waals surface area contributed by atoms with Crippen LogP contribution in [0.15, 0.2) is 104 Å². The molecule has 1 aromatic heterocycles. The summed E-state index contributed by atoms with van der Waals surface area (Å²) in [5.41, 5.74) is 8.03. The number of hydrogen-bond donors (Lipinski definition) is 2. The van der Waals surface area contributed by atoms with Gasteiger partial charge in [0.1, 0.15) is 5.82 Å². The number of fused-ring (bicyclic) bond motifs is 1. The molecule has 5 aromatic rings. The van der Waals surface area contributed by atoms with Crippen LogP contribution in [0, 0.1) is 12.7 Å². The molecule has 0 bridgehead atoms. The second-order valence-electron chi connectivity index (χ2n) is 9.69. The molecule has 1 aliphatic heterocycles. The number of halogens is 1. The van der Waals surface area contributed by atoms with Crippen LogP contribution in [0.2, 0.25) is 0 Å². The number of carbonyl (C=O) groups is 2. The molecule has 7 heteroatoms. The van der Waals surface area contributed by atoms with E-state index in [9.17, 15) is 14.0 Å². The average molecular weight is 562 g/mol. The Bertz CT molecular complexity index is 1760. The molecule has 0 saturated carbocycles. The number of hydrogen-bond acceptors (Lipinski definition) is 3. The van der Waals surface area contributed by atoms with Crippen molar-refractivity contribution in [3.8, 4) is 27.9 Å². The van der Waals surface area contributed by atoms with E-state index >= 15 is 0 Å². The number of aromatic carboxylic acids is 1. The lowest BCUT2D eigenvalue weighted by atomic mass is 9.97. The fraction of sp³-hybridized carbons (Fsp3) is 0.114. The van der Waals surface area contributed by atoms with Gasteiger partial charge in [-0.25, -0.2) is 13.9 Å². The predicted octanol–water partition coefficient (Wildman–Crippen LogP) is 8.20. The summed E-state index contributed by atoms with van der Waals surface area (Å²) in [5, 5.41) is 15.6. The van der Waals surface area contributed by atoms with E-state index < -0.39 is 5.97 Å². The molecule has 2 heterocycles. The van der Waals surface area contributed by atoms with Crippen molar-refractivity contribution in [1.82, 2.24) is 9.78 Å². The summed E-state index contributed by atoms with van der Waals surface area (Å²) >= 11 is 0. The molecule has 0 atom stereocenters. The molecule has 42 heavy (non-hydrogen) atoms. The monoisotopic (exact) mass is 561 g/mol. The molecule has 212 valence electrons. The van der Waals surface area contributed by atoms with Crippen molar-refractivity contribution >= 4 is 23.1 Å². The number of rotatable bonds is 5. The topological polar surface area (TPSA) is 84.2 Å². The zero-order valence-corrected chi connectivity index (χ0v) is 22.7. The van der Waals surface area contributed by atoms with E-state index in [1.54, 1.807) is 23.0 Å². The Balaban J connectivity index is 0.000000264. The van der Waals surface area contributed by atoms with Gasteiger partial charge in [0.05, 0.1) is 16.9 Å². The molecule has 0 unspecified atom stereocenters. The van der Waals surface area contributed by atoms with Gasteiger partial charge in [0.25, 0.3) is 5.91 Å². The summed E-state index contributed by atoms with van der Waals surface area (Å²) < 4.78 is 16.4.